The summed E-state index contributed by atoms with van der Waals surface area (Å²) in [5.41, 5.74) is 2.79. The van der Waals surface area contributed by atoms with Crippen LogP contribution in [0.25, 0.3) is 0 Å². The Morgan fingerprint density at radius 3 is 2.88 bits per heavy atom. The highest BCUT2D eigenvalue weighted by Gasteiger charge is 2.34. The molecule has 0 amide bonds. The van der Waals surface area contributed by atoms with E-state index >= 15 is 0 Å². The second-order valence-electron chi connectivity index (χ2n) is 4.98. The monoisotopic (exact) mass is 218 g/mol. The van der Waals surface area contributed by atoms with E-state index in [1.165, 1.54) is 11.1 Å². The first-order chi connectivity index (χ1) is 7.77. The number of nitrogens with one attached hydrogen (secondary N) is 2. The third-order valence-corrected chi connectivity index (χ3v) is 3.45. The minimum Gasteiger partial charge on any atom is -0.485 e. The van der Waals surface area contributed by atoms with Gasteiger partial charge in [-0.2, -0.15) is 0 Å². The molecule has 3 nitrogen and oxygen atoms in total. The lowest BCUT2D eigenvalue weighted by Crippen LogP contribution is -2.61. The van der Waals surface area contributed by atoms with E-state index in [1.807, 2.05) is 0 Å². The van der Waals surface area contributed by atoms with E-state index in [0.717, 1.165) is 38.3 Å². The maximum absolute atomic E-state index is 6.15. The van der Waals surface area contributed by atoms with Gasteiger partial charge in [0.1, 0.15) is 11.4 Å². The van der Waals surface area contributed by atoms with Gasteiger partial charge >= 0.3 is 0 Å². The van der Waals surface area contributed by atoms with E-state index in [0.29, 0.717) is 0 Å². The minimum atomic E-state index is -0.000000945. The molecule has 2 N–H and O–H groups in total. The maximum atomic E-state index is 6.15. The summed E-state index contributed by atoms with van der Waals surface area (Å²) in [6, 6.07) is 6.39. The zero-order chi connectivity index (χ0) is 11.0. The number of ether oxygens (including phenoxy) is 1. The second-order valence-corrected chi connectivity index (χ2v) is 4.98. The van der Waals surface area contributed by atoms with Crippen LogP contribution in [0.1, 0.15) is 18.1 Å². The van der Waals surface area contributed by atoms with Gasteiger partial charge in [0.05, 0.1) is 0 Å². The van der Waals surface area contributed by atoms with Crippen molar-refractivity contribution >= 4 is 0 Å². The van der Waals surface area contributed by atoms with Crippen molar-refractivity contribution in [2.45, 2.75) is 25.5 Å². The Bertz CT molecular complexity index is 399. The summed E-state index contributed by atoms with van der Waals surface area (Å²) in [7, 11) is 0. The Kier molecular flexibility index (Phi) is 2.37. The van der Waals surface area contributed by atoms with Gasteiger partial charge in [0.2, 0.25) is 0 Å². The van der Waals surface area contributed by atoms with Gasteiger partial charge in [0.25, 0.3) is 0 Å². The molecular formula is C13H18N2O. The van der Waals surface area contributed by atoms with Crippen molar-refractivity contribution in [3.63, 3.8) is 0 Å². The molecule has 0 atom stereocenters. The average Bonchev–Trinajstić information content (AvgIpc) is 2.27. The Morgan fingerprint density at radius 2 is 2.12 bits per heavy atom. The van der Waals surface area contributed by atoms with Crippen LogP contribution in [0.5, 0.6) is 5.75 Å². The molecule has 2 aliphatic rings. The average molecular weight is 218 g/mol. The lowest BCUT2D eigenvalue weighted by atomic mass is 9.97. The third kappa shape index (κ3) is 1.70. The van der Waals surface area contributed by atoms with Gasteiger partial charge < -0.3 is 15.4 Å². The van der Waals surface area contributed by atoms with Crippen molar-refractivity contribution in [2.75, 3.05) is 19.6 Å². The maximum Gasteiger partial charge on any atom is 0.131 e. The van der Waals surface area contributed by atoms with Crippen LogP contribution in [0.4, 0.5) is 0 Å². The van der Waals surface area contributed by atoms with Crippen molar-refractivity contribution in [1.82, 2.24) is 10.6 Å². The first-order valence-electron chi connectivity index (χ1n) is 5.98. The van der Waals surface area contributed by atoms with Crippen LogP contribution in [-0.4, -0.2) is 25.2 Å². The van der Waals surface area contributed by atoms with Crippen LogP contribution in [-0.2, 0) is 13.0 Å². The summed E-state index contributed by atoms with van der Waals surface area (Å²) in [6.45, 7) is 6.11. The first-order valence-corrected chi connectivity index (χ1v) is 5.98. The van der Waals surface area contributed by atoms with E-state index in [9.17, 15) is 0 Å². The van der Waals surface area contributed by atoms with E-state index in [-0.39, 0.29) is 5.60 Å². The van der Waals surface area contributed by atoms with Gasteiger partial charge in [-0.1, -0.05) is 12.1 Å². The summed E-state index contributed by atoms with van der Waals surface area (Å²) in [4.78, 5) is 0. The van der Waals surface area contributed by atoms with E-state index in [1.54, 1.807) is 0 Å². The molecule has 0 aliphatic carbocycles. The molecule has 1 aromatic carbocycles. The van der Waals surface area contributed by atoms with Crippen LogP contribution in [0.15, 0.2) is 18.2 Å². The molecular weight excluding hydrogens is 200 g/mol. The predicted molar refractivity (Wildman–Crippen MR) is 63.8 cm³/mol. The molecule has 1 aromatic rings. The van der Waals surface area contributed by atoms with Gasteiger partial charge in [-0.3, -0.25) is 0 Å². The molecule has 86 valence electrons. The van der Waals surface area contributed by atoms with E-state index in [4.69, 9.17) is 4.74 Å². The molecule has 0 bridgehead atoms. The SMILES string of the molecule is CC1(Oc2cccc3c2CCNC3)CNC1. The minimum absolute atomic E-state index is 0.000000945. The molecule has 2 heterocycles. The topological polar surface area (TPSA) is 33.3 Å². The first kappa shape index (κ1) is 10.1. The third-order valence-electron chi connectivity index (χ3n) is 3.45. The summed E-state index contributed by atoms with van der Waals surface area (Å²) >= 11 is 0. The van der Waals surface area contributed by atoms with E-state index in [2.05, 4.69) is 35.8 Å². The number of hydrogen-bond acceptors (Lipinski definition) is 3. The van der Waals surface area contributed by atoms with Gasteiger partial charge in [-0.05, 0) is 37.1 Å². The van der Waals surface area contributed by atoms with Crippen molar-refractivity contribution in [2.24, 2.45) is 0 Å². The largest absolute Gasteiger partial charge is 0.485 e. The molecule has 3 heteroatoms. The predicted octanol–water partition coefficient (Wildman–Crippen LogP) is 1.07. The number of fused-ring (bicyclic) bond motifs is 1. The Hall–Kier alpha value is -1.06. The standard InChI is InChI=1S/C13H18N2O/c1-13(8-15-9-13)16-12-4-2-3-10-7-14-6-5-11(10)12/h2-4,14-15H,5-9H2,1H3. The summed E-state index contributed by atoms with van der Waals surface area (Å²) in [5, 5.41) is 6.66. The summed E-state index contributed by atoms with van der Waals surface area (Å²) in [5.74, 6) is 1.09. The summed E-state index contributed by atoms with van der Waals surface area (Å²) < 4.78 is 6.15. The smallest absolute Gasteiger partial charge is 0.131 e. The molecule has 2 aliphatic heterocycles. The number of benzene rings is 1. The van der Waals surface area contributed by atoms with Crippen LogP contribution in [0.3, 0.4) is 0 Å². The van der Waals surface area contributed by atoms with Crippen molar-refractivity contribution < 1.29 is 4.74 Å². The molecule has 1 fully saturated rings. The van der Waals surface area contributed by atoms with Crippen molar-refractivity contribution in [1.29, 1.82) is 0 Å². The molecule has 0 saturated carbocycles. The quantitative estimate of drug-likeness (QED) is 0.779. The zero-order valence-corrected chi connectivity index (χ0v) is 9.68. The molecule has 0 aromatic heterocycles. The van der Waals surface area contributed by atoms with Gasteiger partial charge in [0, 0.05) is 19.6 Å². The number of rotatable bonds is 2. The van der Waals surface area contributed by atoms with Gasteiger partial charge in [-0.25, -0.2) is 0 Å². The lowest BCUT2D eigenvalue weighted by molar-refractivity contribution is 0.0337. The second kappa shape index (κ2) is 3.75. The van der Waals surface area contributed by atoms with Crippen molar-refractivity contribution in [3.8, 4) is 5.75 Å². The van der Waals surface area contributed by atoms with Crippen LogP contribution in [0, 0.1) is 0 Å². The molecule has 16 heavy (non-hydrogen) atoms. The molecule has 3 rings (SSSR count). The fourth-order valence-electron chi connectivity index (χ4n) is 2.41. The summed E-state index contributed by atoms with van der Waals surface area (Å²) in [6.07, 6.45) is 1.08. The van der Waals surface area contributed by atoms with Crippen LogP contribution >= 0.6 is 0 Å². The number of hydrogen-bond donors (Lipinski definition) is 2. The van der Waals surface area contributed by atoms with Gasteiger partial charge in [0.15, 0.2) is 0 Å². The van der Waals surface area contributed by atoms with Crippen LogP contribution in [0.2, 0.25) is 0 Å². The highest BCUT2D eigenvalue weighted by molar-refractivity contribution is 5.42. The molecule has 0 radical (unpaired) electrons. The van der Waals surface area contributed by atoms with Crippen molar-refractivity contribution in [3.05, 3.63) is 29.3 Å². The Balaban J connectivity index is 1.88. The molecule has 1 saturated heterocycles. The highest BCUT2D eigenvalue weighted by Crippen LogP contribution is 2.29. The fourth-order valence-corrected chi connectivity index (χ4v) is 2.41. The highest BCUT2D eigenvalue weighted by atomic mass is 16.5. The normalized spacial score (nSPS) is 22.1. The fraction of sp³-hybridized carbons (Fsp3) is 0.538. The van der Waals surface area contributed by atoms with Crippen LogP contribution < -0.4 is 15.4 Å². The Morgan fingerprint density at radius 1 is 1.25 bits per heavy atom. The molecule has 0 spiro atoms. The van der Waals surface area contributed by atoms with Gasteiger partial charge in [-0.15, -0.1) is 0 Å². The molecule has 0 unspecified atom stereocenters. The zero-order valence-electron chi connectivity index (χ0n) is 9.68. The Labute approximate surface area is 96.2 Å². The van der Waals surface area contributed by atoms with E-state index < -0.39 is 0 Å². The lowest BCUT2D eigenvalue weighted by Gasteiger charge is -2.40.